The quantitative estimate of drug-likeness (QED) is 0.736. The summed E-state index contributed by atoms with van der Waals surface area (Å²) in [5, 5.41) is 18.9. The summed E-state index contributed by atoms with van der Waals surface area (Å²) < 4.78 is 0. The van der Waals surface area contributed by atoms with Gasteiger partial charge in [-0.2, -0.15) is 5.10 Å². The first-order chi connectivity index (χ1) is 8.15. The molecule has 5 nitrogen and oxygen atoms in total. The molecule has 0 saturated heterocycles. The number of H-pyrrole nitrogens is 1. The van der Waals surface area contributed by atoms with E-state index < -0.39 is 5.54 Å². The first-order valence-corrected chi connectivity index (χ1v) is 6.08. The molecule has 0 aromatic carbocycles. The molecule has 0 unspecified atom stereocenters. The summed E-state index contributed by atoms with van der Waals surface area (Å²) in [5.74, 6) is 0.491. The number of rotatable bonds is 3. The van der Waals surface area contributed by atoms with Crippen LogP contribution in [0.25, 0.3) is 0 Å². The van der Waals surface area contributed by atoms with Crippen molar-refractivity contribution < 1.29 is 9.90 Å². The molecule has 17 heavy (non-hydrogen) atoms. The summed E-state index contributed by atoms with van der Waals surface area (Å²) in [6, 6.07) is 1.63. The van der Waals surface area contributed by atoms with Crippen LogP contribution in [0.2, 0.25) is 0 Å². The summed E-state index contributed by atoms with van der Waals surface area (Å²) in [7, 11) is 0. The van der Waals surface area contributed by atoms with Gasteiger partial charge < -0.3 is 10.4 Å². The van der Waals surface area contributed by atoms with Crippen molar-refractivity contribution in [3.63, 3.8) is 0 Å². The Labute approximate surface area is 101 Å². The Balaban J connectivity index is 2.02. The maximum Gasteiger partial charge on any atom is 0.269 e. The summed E-state index contributed by atoms with van der Waals surface area (Å²) in [6.07, 6.45) is 5.31. The van der Waals surface area contributed by atoms with Crippen LogP contribution in [0, 0.1) is 5.92 Å². The molecule has 1 aliphatic rings. The van der Waals surface area contributed by atoms with Crippen LogP contribution in [0.3, 0.4) is 0 Å². The highest BCUT2D eigenvalue weighted by Gasteiger charge is 2.35. The van der Waals surface area contributed by atoms with Crippen LogP contribution >= 0.6 is 0 Å². The molecule has 1 saturated carbocycles. The van der Waals surface area contributed by atoms with Crippen molar-refractivity contribution in [2.75, 3.05) is 6.61 Å². The molecular formula is C12H19N3O2. The topological polar surface area (TPSA) is 78.0 Å². The first-order valence-electron chi connectivity index (χ1n) is 6.08. The number of hydrogen-bond acceptors (Lipinski definition) is 3. The lowest BCUT2D eigenvalue weighted by Crippen LogP contribution is -2.53. The van der Waals surface area contributed by atoms with Gasteiger partial charge in [-0.25, -0.2) is 0 Å². The van der Waals surface area contributed by atoms with Crippen molar-refractivity contribution >= 4 is 5.91 Å². The Hall–Kier alpha value is -1.36. The molecule has 0 aliphatic heterocycles. The summed E-state index contributed by atoms with van der Waals surface area (Å²) in [6.45, 7) is 2.21. The summed E-state index contributed by atoms with van der Waals surface area (Å²) in [5.41, 5.74) is -0.00854. The molecule has 1 aromatic heterocycles. The van der Waals surface area contributed by atoms with Crippen molar-refractivity contribution in [3.05, 3.63) is 18.0 Å². The third kappa shape index (κ3) is 2.66. The fourth-order valence-corrected chi connectivity index (χ4v) is 2.33. The number of nitrogens with one attached hydrogen (secondary N) is 2. The van der Waals surface area contributed by atoms with Crippen LogP contribution in [-0.2, 0) is 0 Å². The molecule has 5 heteroatoms. The van der Waals surface area contributed by atoms with Gasteiger partial charge in [0.25, 0.3) is 5.91 Å². The minimum atomic E-state index is -0.450. The van der Waals surface area contributed by atoms with E-state index >= 15 is 0 Å². The van der Waals surface area contributed by atoms with Gasteiger partial charge >= 0.3 is 0 Å². The maximum atomic E-state index is 11.9. The van der Waals surface area contributed by atoms with Crippen LogP contribution in [0.5, 0.6) is 0 Å². The normalized spacial score (nSPS) is 28.9. The van der Waals surface area contributed by atoms with Crippen molar-refractivity contribution in [1.29, 1.82) is 0 Å². The smallest absolute Gasteiger partial charge is 0.269 e. The molecule has 1 aliphatic carbocycles. The number of aliphatic hydroxyl groups is 1. The number of aromatic nitrogens is 2. The van der Waals surface area contributed by atoms with Crippen LogP contribution < -0.4 is 5.32 Å². The van der Waals surface area contributed by atoms with Gasteiger partial charge in [0.05, 0.1) is 12.1 Å². The summed E-state index contributed by atoms with van der Waals surface area (Å²) in [4.78, 5) is 11.9. The Morgan fingerprint density at radius 1 is 1.65 bits per heavy atom. The minimum absolute atomic E-state index is 0.000400. The third-order valence-electron chi connectivity index (χ3n) is 3.66. The van der Waals surface area contributed by atoms with E-state index in [4.69, 9.17) is 0 Å². The van der Waals surface area contributed by atoms with Crippen molar-refractivity contribution in [1.82, 2.24) is 15.5 Å². The molecule has 0 bridgehead atoms. The molecular weight excluding hydrogens is 218 g/mol. The number of aliphatic hydroxyl groups excluding tert-OH is 1. The number of aromatic amines is 1. The van der Waals surface area contributed by atoms with Gasteiger partial charge in [-0.15, -0.1) is 0 Å². The number of carbonyl (C=O) groups is 1. The van der Waals surface area contributed by atoms with E-state index in [1.807, 2.05) is 0 Å². The van der Waals surface area contributed by atoms with E-state index in [9.17, 15) is 9.90 Å². The molecule has 3 N–H and O–H groups in total. The lowest BCUT2D eigenvalue weighted by Gasteiger charge is -2.38. The van der Waals surface area contributed by atoms with Crippen LogP contribution in [0.4, 0.5) is 0 Å². The standard InChI is InChI=1S/C12H19N3O2/c1-9-2-5-12(8-16,6-3-9)14-11(17)10-4-7-13-15-10/h4,7,9,16H,2-3,5-6,8H2,1H3,(H,13,15)(H,14,17). The molecule has 1 fully saturated rings. The molecule has 1 heterocycles. The zero-order chi connectivity index (χ0) is 12.3. The van der Waals surface area contributed by atoms with Crippen molar-refractivity contribution in [2.24, 2.45) is 5.92 Å². The van der Waals surface area contributed by atoms with Crippen molar-refractivity contribution in [2.45, 2.75) is 38.1 Å². The average Bonchev–Trinajstić information content (AvgIpc) is 2.86. The zero-order valence-electron chi connectivity index (χ0n) is 10.1. The predicted octanol–water partition coefficient (Wildman–Crippen LogP) is 1.08. The third-order valence-corrected chi connectivity index (χ3v) is 3.66. The zero-order valence-corrected chi connectivity index (χ0v) is 10.1. The summed E-state index contributed by atoms with van der Waals surface area (Å²) >= 11 is 0. The number of amides is 1. The highest BCUT2D eigenvalue weighted by Crippen LogP contribution is 2.31. The fraction of sp³-hybridized carbons (Fsp3) is 0.667. The maximum absolute atomic E-state index is 11.9. The SMILES string of the molecule is CC1CCC(CO)(NC(=O)c2ccn[nH]2)CC1. The molecule has 1 amide bonds. The van der Waals surface area contributed by atoms with E-state index in [0.717, 1.165) is 25.7 Å². The highest BCUT2D eigenvalue weighted by atomic mass is 16.3. The Bertz CT molecular complexity index is 367. The minimum Gasteiger partial charge on any atom is -0.394 e. The van der Waals surface area contributed by atoms with Crippen LogP contribution in [0.15, 0.2) is 12.3 Å². The molecule has 94 valence electrons. The number of hydrogen-bond donors (Lipinski definition) is 3. The van der Waals surface area contributed by atoms with Gasteiger partial charge in [0.2, 0.25) is 0 Å². The number of nitrogens with zero attached hydrogens (tertiary/aromatic N) is 1. The van der Waals surface area contributed by atoms with Gasteiger partial charge in [-0.05, 0) is 37.7 Å². The van der Waals surface area contributed by atoms with Gasteiger partial charge in [0, 0.05) is 6.20 Å². The van der Waals surface area contributed by atoms with Crippen LogP contribution in [0.1, 0.15) is 43.1 Å². The number of carbonyl (C=O) groups excluding carboxylic acids is 1. The Kier molecular flexibility index (Phi) is 3.47. The van der Waals surface area contributed by atoms with Gasteiger partial charge in [-0.3, -0.25) is 9.89 Å². The predicted molar refractivity (Wildman–Crippen MR) is 63.5 cm³/mol. The van der Waals surface area contributed by atoms with Gasteiger partial charge in [0.15, 0.2) is 0 Å². The van der Waals surface area contributed by atoms with E-state index in [0.29, 0.717) is 11.6 Å². The fourth-order valence-electron chi connectivity index (χ4n) is 2.33. The second-order valence-corrected chi connectivity index (χ2v) is 5.05. The van der Waals surface area contributed by atoms with E-state index in [-0.39, 0.29) is 12.5 Å². The largest absolute Gasteiger partial charge is 0.394 e. The molecule has 2 rings (SSSR count). The monoisotopic (exact) mass is 237 g/mol. The second-order valence-electron chi connectivity index (χ2n) is 5.05. The van der Waals surface area contributed by atoms with E-state index in [1.54, 1.807) is 12.3 Å². The molecule has 0 atom stereocenters. The Morgan fingerprint density at radius 3 is 2.88 bits per heavy atom. The van der Waals surface area contributed by atoms with Crippen LogP contribution in [-0.4, -0.2) is 33.4 Å². The van der Waals surface area contributed by atoms with Crippen molar-refractivity contribution in [3.8, 4) is 0 Å². The van der Waals surface area contributed by atoms with E-state index in [1.165, 1.54) is 0 Å². The van der Waals surface area contributed by atoms with E-state index in [2.05, 4.69) is 22.4 Å². The first kappa shape index (κ1) is 12.1. The Morgan fingerprint density at radius 2 is 2.35 bits per heavy atom. The molecule has 1 aromatic rings. The van der Waals surface area contributed by atoms with Gasteiger partial charge in [0.1, 0.15) is 5.69 Å². The lowest BCUT2D eigenvalue weighted by molar-refractivity contribution is 0.0712. The lowest BCUT2D eigenvalue weighted by atomic mass is 9.77. The second kappa shape index (κ2) is 4.87. The van der Waals surface area contributed by atoms with Gasteiger partial charge in [-0.1, -0.05) is 6.92 Å². The molecule has 0 radical (unpaired) electrons. The molecule has 0 spiro atoms. The average molecular weight is 237 g/mol. The highest BCUT2D eigenvalue weighted by molar-refractivity contribution is 5.92.